The maximum Gasteiger partial charge on any atom is 0.226 e. The van der Waals surface area contributed by atoms with Gasteiger partial charge in [0.1, 0.15) is 5.76 Å². The number of aromatic nitrogens is 1. The van der Waals surface area contributed by atoms with Crippen molar-refractivity contribution in [3.8, 4) is 0 Å². The number of carbonyl (C=O) groups is 1. The Morgan fingerprint density at radius 2 is 2.50 bits per heavy atom. The second kappa shape index (κ2) is 5.93. The number of rotatable bonds is 4. The van der Waals surface area contributed by atoms with Crippen LogP contribution in [0.2, 0.25) is 0 Å². The summed E-state index contributed by atoms with van der Waals surface area (Å²) in [7, 11) is 0. The minimum absolute atomic E-state index is 0.00105. The molecule has 3 heterocycles. The Kier molecular flexibility index (Phi) is 4.03. The first kappa shape index (κ1) is 13.6. The van der Waals surface area contributed by atoms with Gasteiger partial charge >= 0.3 is 0 Å². The van der Waals surface area contributed by atoms with E-state index in [-0.39, 0.29) is 5.91 Å². The molecule has 110 valence electrons. The quantitative estimate of drug-likeness (QED) is 0.859. The molecule has 2 fully saturated rings. The van der Waals surface area contributed by atoms with E-state index < -0.39 is 0 Å². The van der Waals surface area contributed by atoms with Crippen LogP contribution in [0.1, 0.15) is 25.0 Å². The SMILES string of the molecule is Cc1cc(NC(=O)CCN2C[C@@H]3CCCN[C@@H]3C2)no1. The topological polar surface area (TPSA) is 70.4 Å². The van der Waals surface area contributed by atoms with Gasteiger partial charge in [-0.2, -0.15) is 0 Å². The van der Waals surface area contributed by atoms with Gasteiger partial charge < -0.3 is 20.1 Å². The molecule has 0 spiro atoms. The van der Waals surface area contributed by atoms with E-state index in [1.807, 2.05) is 6.92 Å². The molecule has 6 nitrogen and oxygen atoms in total. The summed E-state index contributed by atoms with van der Waals surface area (Å²) in [6.45, 7) is 5.95. The Morgan fingerprint density at radius 3 is 3.25 bits per heavy atom. The number of amides is 1. The first-order valence-corrected chi connectivity index (χ1v) is 7.39. The van der Waals surface area contributed by atoms with Gasteiger partial charge in [-0.1, -0.05) is 5.16 Å². The number of fused-ring (bicyclic) bond motifs is 1. The van der Waals surface area contributed by atoms with Crippen molar-refractivity contribution in [2.24, 2.45) is 5.92 Å². The normalized spacial score (nSPS) is 26.4. The second-order valence-corrected chi connectivity index (χ2v) is 5.84. The Morgan fingerprint density at radius 1 is 1.60 bits per heavy atom. The van der Waals surface area contributed by atoms with Crippen LogP contribution in [0, 0.1) is 12.8 Å². The standard InChI is InChI=1S/C14H22N4O2/c1-10-7-13(17-20-10)16-14(19)4-6-18-8-11-3-2-5-15-12(11)9-18/h7,11-12,15H,2-6,8-9H2,1H3,(H,16,17,19)/t11-,12+/m0/s1. The van der Waals surface area contributed by atoms with Crippen LogP contribution in [-0.4, -0.2) is 48.2 Å². The average molecular weight is 278 g/mol. The molecule has 6 heteroatoms. The fourth-order valence-electron chi connectivity index (χ4n) is 3.21. The number of anilines is 1. The van der Waals surface area contributed by atoms with Crippen LogP contribution in [0.25, 0.3) is 0 Å². The molecule has 3 rings (SSSR count). The number of carbonyl (C=O) groups excluding carboxylic acids is 1. The summed E-state index contributed by atoms with van der Waals surface area (Å²) in [6.07, 6.45) is 3.10. The predicted octanol–water partition coefficient (Wildman–Crippen LogP) is 0.995. The van der Waals surface area contributed by atoms with E-state index in [2.05, 4.69) is 20.7 Å². The Bertz CT molecular complexity index is 459. The molecule has 0 unspecified atom stereocenters. The number of hydrogen-bond donors (Lipinski definition) is 2. The molecule has 1 aromatic rings. The van der Waals surface area contributed by atoms with Crippen molar-refractivity contribution in [1.29, 1.82) is 0 Å². The molecule has 2 atom stereocenters. The molecule has 2 saturated heterocycles. The van der Waals surface area contributed by atoms with Crippen molar-refractivity contribution in [3.05, 3.63) is 11.8 Å². The number of aryl methyl sites for hydroxylation is 1. The highest BCUT2D eigenvalue weighted by atomic mass is 16.5. The smallest absolute Gasteiger partial charge is 0.226 e. The van der Waals surface area contributed by atoms with Crippen LogP contribution in [0.3, 0.4) is 0 Å². The molecule has 2 aliphatic heterocycles. The molecule has 1 aromatic heterocycles. The Labute approximate surface area is 118 Å². The second-order valence-electron chi connectivity index (χ2n) is 5.84. The fraction of sp³-hybridized carbons (Fsp3) is 0.714. The summed E-state index contributed by atoms with van der Waals surface area (Å²) in [5.74, 6) is 1.98. The number of piperidine rings is 1. The molecule has 0 radical (unpaired) electrons. The minimum Gasteiger partial charge on any atom is -0.360 e. The van der Waals surface area contributed by atoms with Crippen molar-refractivity contribution in [2.45, 2.75) is 32.2 Å². The van der Waals surface area contributed by atoms with E-state index in [1.165, 1.54) is 12.8 Å². The minimum atomic E-state index is 0.00105. The van der Waals surface area contributed by atoms with Crippen molar-refractivity contribution < 1.29 is 9.32 Å². The lowest BCUT2D eigenvalue weighted by atomic mass is 9.94. The first-order chi connectivity index (χ1) is 9.70. The van der Waals surface area contributed by atoms with Gasteiger partial charge in [0.15, 0.2) is 5.82 Å². The zero-order valence-electron chi connectivity index (χ0n) is 11.9. The van der Waals surface area contributed by atoms with E-state index in [1.54, 1.807) is 6.07 Å². The zero-order valence-corrected chi connectivity index (χ0v) is 11.9. The summed E-state index contributed by atoms with van der Waals surface area (Å²) < 4.78 is 4.92. The lowest BCUT2D eigenvalue weighted by Crippen LogP contribution is -2.40. The van der Waals surface area contributed by atoms with Gasteiger partial charge in [-0.15, -0.1) is 0 Å². The van der Waals surface area contributed by atoms with E-state index in [9.17, 15) is 4.79 Å². The maximum atomic E-state index is 11.9. The number of hydrogen-bond acceptors (Lipinski definition) is 5. The van der Waals surface area contributed by atoms with Gasteiger partial charge in [0.2, 0.25) is 5.91 Å². The molecule has 1 amide bonds. The monoisotopic (exact) mass is 278 g/mol. The van der Waals surface area contributed by atoms with Crippen LogP contribution in [0.5, 0.6) is 0 Å². The maximum absolute atomic E-state index is 11.9. The highest BCUT2D eigenvalue weighted by Crippen LogP contribution is 2.24. The van der Waals surface area contributed by atoms with Crippen LogP contribution < -0.4 is 10.6 Å². The molecule has 2 N–H and O–H groups in total. The van der Waals surface area contributed by atoms with Crippen LogP contribution in [0.4, 0.5) is 5.82 Å². The van der Waals surface area contributed by atoms with Gasteiger partial charge in [0.25, 0.3) is 0 Å². The number of likely N-dealkylation sites (tertiary alicyclic amines) is 1. The number of nitrogens with one attached hydrogen (secondary N) is 2. The average Bonchev–Trinajstić information content (AvgIpc) is 3.02. The van der Waals surface area contributed by atoms with Crippen molar-refractivity contribution >= 4 is 11.7 Å². The molecule has 20 heavy (non-hydrogen) atoms. The third kappa shape index (κ3) is 3.19. The molecule has 0 saturated carbocycles. The van der Waals surface area contributed by atoms with Gasteiger partial charge in [0.05, 0.1) is 0 Å². The first-order valence-electron chi connectivity index (χ1n) is 7.39. The zero-order chi connectivity index (χ0) is 13.9. The Balaban J connectivity index is 1.42. The van der Waals surface area contributed by atoms with E-state index in [4.69, 9.17) is 4.52 Å². The fourth-order valence-corrected chi connectivity index (χ4v) is 3.21. The number of nitrogens with zero attached hydrogens (tertiary/aromatic N) is 2. The predicted molar refractivity (Wildman–Crippen MR) is 75.4 cm³/mol. The van der Waals surface area contributed by atoms with Gasteiger partial charge in [-0.05, 0) is 32.2 Å². The van der Waals surface area contributed by atoms with E-state index in [0.29, 0.717) is 24.0 Å². The van der Waals surface area contributed by atoms with Crippen LogP contribution >= 0.6 is 0 Å². The molecule has 2 aliphatic rings. The molecule has 0 aromatic carbocycles. The highest BCUT2D eigenvalue weighted by molar-refractivity contribution is 5.89. The lowest BCUT2D eigenvalue weighted by Gasteiger charge is -2.24. The van der Waals surface area contributed by atoms with E-state index in [0.717, 1.165) is 32.1 Å². The summed E-state index contributed by atoms with van der Waals surface area (Å²) in [4.78, 5) is 14.2. The summed E-state index contributed by atoms with van der Waals surface area (Å²) >= 11 is 0. The van der Waals surface area contributed by atoms with E-state index >= 15 is 0 Å². The Hall–Kier alpha value is -1.40. The molecular weight excluding hydrogens is 256 g/mol. The lowest BCUT2D eigenvalue weighted by molar-refractivity contribution is -0.116. The largest absolute Gasteiger partial charge is 0.360 e. The summed E-state index contributed by atoms with van der Waals surface area (Å²) in [5.41, 5.74) is 0. The third-order valence-corrected chi connectivity index (χ3v) is 4.23. The summed E-state index contributed by atoms with van der Waals surface area (Å²) in [6, 6.07) is 2.36. The third-order valence-electron chi connectivity index (χ3n) is 4.23. The van der Waals surface area contributed by atoms with Gasteiger partial charge in [-0.3, -0.25) is 4.79 Å². The molecule has 0 bridgehead atoms. The van der Waals surface area contributed by atoms with Crippen molar-refractivity contribution in [1.82, 2.24) is 15.4 Å². The summed E-state index contributed by atoms with van der Waals surface area (Å²) in [5, 5.41) is 10.1. The van der Waals surface area contributed by atoms with Crippen LogP contribution in [-0.2, 0) is 4.79 Å². The van der Waals surface area contributed by atoms with Crippen LogP contribution in [0.15, 0.2) is 10.6 Å². The van der Waals surface area contributed by atoms with Gasteiger partial charge in [-0.25, -0.2) is 0 Å². The molecular formula is C14H22N4O2. The molecule has 0 aliphatic carbocycles. The van der Waals surface area contributed by atoms with Crippen molar-refractivity contribution in [2.75, 3.05) is 31.5 Å². The van der Waals surface area contributed by atoms with Gasteiger partial charge in [0, 0.05) is 38.2 Å². The van der Waals surface area contributed by atoms with Crippen molar-refractivity contribution in [3.63, 3.8) is 0 Å². The highest BCUT2D eigenvalue weighted by Gasteiger charge is 2.33.